The molecule has 1 aromatic heterocycles. The second-order valence-electron chi connectivity index (χ2n) is 9.37. The van der Waals surface area contributed by atoms with Gasteiger partial charge in [-0.3, -0.25) is 19.3 Å². The van der Waals surface area contributed by atoms with E-state index in [1.165, 1.54) is 4.90 Å². The summed E-state index contributed by atoms with van der Waals surface area (Å²) in [6.45, 7) is 7.63. The van der Waals surface area contributed by atoms with Gasteiger partial charge in [0.2, 0.25) is 0 Å². The van der Waals surface area contributed by atoms with E-state index in [-0.39, 0.29) is 19.1 Å². The molecule has 0 spiro atoms. The smallest absolute Gasteiger partial charge is 0.401 e. The third kappa shape index (κ3) is 6.44. The maximum absolute atomic E-state index is 13.4. The first-order valence-corrected chi connectivity index (χ1v) is 12.1. The van der Waals surface area contributed by atoms with Crippen LogP contribution in [0, 0.1) is 5.92 Å². The molecular formula is C27H32F4N4O. The van der Waals surface area contributed by atoms with Crippen molar-refractivity contribution >= 4 is 0 Å². The fourth-order valence-corrected chi connectivity index (χ4v) is 4.86. The Morgan fingerprint density at radius 3 is 2.72 bits per heavy atom. The second kappa shape index (κ2) is 11.4. The lowest BCUT2D eigenvalue weighted by Gasteiger charge is -2.38. The van der Waals surface area contributed by atoms with Gasteiger partial charge in [0.15, 0.2) is 0 Å². The summed E-state index contributed by atoms with van der Waals surface area (Å²) in [6, 6.07) is 5.24. The van der Waals surface area contributed by atoms with Gasteiger partial charge in [0.25, 0.3) is 0 Å². The summed E-state index contributed by atoms with van der Waals surface area (Å²) in [5.74, 6) is 0.746. The molecule has 2 aliphatic rings. The highest BCUT2D eigenvalue weighted by Crippen LogP contribution is 2.38. The number of aromatic nitrogens is 2. The molecule has 0 amide bonds. The Morgan fingerprint density at radius 2 is 2.06 bits per heavy atom. The molecule has 0 aliphatic carbocycles. The number of allylic oxidation sites excluding steroid dienone is 2. The van der Waals surface area contributed by atoms with Crippen LogP contribution in [0.2, 0.25) is 0 Å². The first-order chi connectivity index (χ1) is 17.3. The van der Waals surface area contributed by atoms with Gasteiger partial charge < -0.3 is 4.74 Å². The highest BCUT2D eigenvalue weighted by molar-refractivity contribution is 5.64. The van der Waals surface area contributed by atoms with E-state index in [4.69, 9.17) is 4.74 Å². The quantitative estimate of drug-likeness (QED) is 0.265. The van der Waals surface area contributed by atoms with Gasteiger partial charge in [0, 0.05) is 43.9 Å². The zero-order chi connectivity index (χ0) is 25.7. The largest absolute Gasteiger partial charge is 0.493 e. The monoisotopic (exact) mass is 504 g/mol. The number of halogens is 4. The van der Waals surface area contributed by atoms with Crippen LogP contribution in [0.15, 0.2) is 66.7 Å². The van der Waals surface area contributed by atoms with E-state index in [9.17, 15) is 17.6 Å². The van der Waals surface area contributed by atoms with Crippen LogP contribution in [0.25, 0.3) is 11.1 Å². The molecule has 1 atom stereocenters. The van der Waals surface area contributed by atoms with E-state index in [1.807, 2.05) is 31.2 Å². The highest BCUT2D eigenvalue weighted by Gasteiger charge is 2.37. The van der Waals surface area contributed by atoms with E-state index in [0.717, 1.165) is 35.3 Å². The van der Waals surface area contributed by atoms with Crippen molar-refractivity contribution in [2.75, 3.05) is 46.0 Å². The van der Waals surface area contributed by atoms with Crippen molar-refractivity contribution < 1.29 is 22.3 Å². The van der Waals surface area contributed by atoms with Gasteiger partial charge in [-0.1, -0.05) is 30.9 Å². The number of benzene rings is 1. The van der Waals surface area contributed by atoms with Crippen LogP contribution < -0.4 is 0 Å². The number of fused-ring (bicyclic) bond motifs is 1. The van der Waals surface area contributed by atoms with Crippen LogP contribution in [0.1, 0.15) is 24.1 Å². The molecular weight excluding hydrogens is 472 g/mol. The van der Waals surface area contributed by atoms with Gasteiger partial charge in [0.05, 0.1) is 25.5 Å². The molecule has 3 heterocycles. The summed E-state index contributed by atoms with van der Waals surface area (Å²) >= 11 is 0. The lowest BCUT2D eigenvalue weighted by atomic mass is 9.86. The van der Waals surface area contributed by atoms with Crippen LogP contribution in [0.4, 0.5) is 17.6 Å². The van der Waals surface area contributed by atoms with Crippen molar-refractivity contribution in [2.45, 2.75) is 25.6 Å². The number of nitrogens with zero attached hydrogens (tertiary/aromatic N) is 3. The molecule has 194 valence electrons. The second-order valence-corrected chi connectivity index (χ2v) is 9.37. The number of aromatic amines is 1. The molecule has 1 aromatic carbocycles. The fourth-order valence-electron chi connectivity index (χ4n) is 4.86. The maximum Gasteiger partial charge on any atom is 0.401 e. The molecule has 36 heavy (non-hydrogen) atoms. The molecule has 0 unspecified atom stereocenters. The standard InChI is InChI=1S/C27H32F4N4O/c1-3-24(36-11-10-34-16-20(13-28)17-34)6-4-19(2)26-25-7-5-21(23-14-32-33-15-23)12-22(25)8-9-35(26)18-27(29,30)31/h3-7,12,14-15,20,26H,2,8-11,13,16-18H2,1H3,(H,32,33)/b6-4-,24-3+/t26-/m0/s1. The van der Waals surface area contributed by atoms with Crippen molar-refractivity contribution in [1.29, 1.82) is 0 Å². The molecule has 0 saturated carbocycles. The number of rotatable bonds is 10. The average molecular weight is 505 g/mol. The lowest BCUT2D eigenvalue weighted by molar-refractivity contribution is -0.150. The Hall–Kier alpha value is -2.91. The molecule has 1 fully saturated rings. The summed E-state index contributed by atoms with van der Waals surface area (Å²) in [5, 5.41) is 6.78. The molecule has 2 aromatic rings. The van der Waals surface area contributed by atoms with Crippen molar-refractivity contribution in [3.63, 3.8) is 0 Å². The maximum atomic E-state index is 13.4. The van der Waals surface area contributed by atoms with Gasteiger partial charge in [-0.05, 0) is 47.8 Å². The third-order valence-electron chi connectivity index (χ3n) is 6.71. The highest BCUT2D eigenvalue weighted by atomic mass is 19.4. The van der Waals surface area contributed by atoms with E-state index >= 15 is 0 Å². The minimum Gasteiger partial charge on any atom is -0.493 e. The molecule has 9 heteroatoms. The Balaban J connectivity index is 1.47. The lowest BCUT2D eigenvalue weighted by Crippen LogP contribution is -2.48. The van der Waals surface area contributed by atoms with E-state index in [1.54, 1.807) is 24.5 Å². The first kappa shape index (κ1) is 26.2. The molecule has 2 aliphatic heterocycles. The average Bonchev–Trinajstić information content (AvgIpc) is 3.36. The summed E-state index contributed by atoms with van der Waals surface area (Å²) in [6.07, 6.45) is 5.02. The number of H-pyrrole nitrogens is 1. The molecule has 1 N–H and O–H groups in total. The van der Waals surface area contributed by atoms with Gasteiger partial charge in [0.1, 0.15) is 12.4 Å². The van der Waals surface area contributed by atoms with E-state index < -0.39 is 18.8 Å². The predicted molar refractivity (Wildman–Crippen MR) is 132 cm³/mol. The molecule has 0 bridgehead atoms. The molecule has 1 saturated heterocycles. The topological polar surface area (TPSA) is 44.4 Å². The SMILES string of the molecule is C=C(/C=C\C(=C/C)OCCN1CC(CF)C1)[C@H]1c2ccc(-c3cn[nH]c3)cc2CCN1CC(F)(F)F. The molecule has 5 nitrogen and oxygen atoms in total. The van der Waals surface area contributed by atoms with Gasteiger partial charge in [-0.2, -0.15) is 18.3 Å². The summed E-state index contributed by atoms with van der Waals surface area (Å²) in [4.78, 5) is 3.57. The number of nitrogens with one attached hydrogen (secondary N) is 1. The Morgan fingerprint density at radius 1 is 1.25 bits per heavy atom. The van der Waals surface area contributed by atoms with Crippen molar-refractivity contribution in [2.24, 2.45) is 5.92 Å². The molecule has 4 rings (SSSR count). The third-order valence-corrected chi connectivity index (χ3v) is 6.71. The van der Waals surface area contributed by atoms with Crippen LogP contribution >= 0.6 is 0 Å². The summed E-state index contributed by atoms with van der Waals surface area (Å²) in [5.41, 5.74) is 4.30. The normalized spacial score (nSPS) is 19.9. The summed E-state index contributed by atoms with van der Waals surface area (Å²) in [7, 11) is 0. The van der Waals surface area contributed by atoms with E-state index in [0.29, 0.717) is 30.9 Å². The Kier molecular flexibility index (Phi) is 8.31. The number of likely N-dealkylation sites (tertiary alicyclic amines) is 1. The van der Waals surface area contributed by atoms with Gasteiger partial charge >= 0.3 is 6.18 Å². The van der Waals surface area contributed by atoms with Crippen LogP contribution in [-0.2, 0) is 11.2 Å². The zero-order valence-electron chi connectivity index (χ0n) is 20.4. The number of hydrogen-bond acceptors (Lipinski definition) is 4. The van der Waals surface area contributed by atoms with Crippen LogP contribution in [-0.4, -0.2) is 72.2 Å². The molecule has 0 radical (unpaired) electrons. The number of ether oxygens (including phenoxy) is 1. The van der Waals surface area contributed by atoms with Gasteiger partial charge in [-0.25, -0.2) is 0 Å². The first-order valence-electron chi connectivity index (χ1n) is 12.1. The zero-order valence-corrected chi connectivity index (χ0v) is 20.4. The number of hydrogen-bond donors (Lipinski definition) is 1. The van der Waals surface area contributed by atoms with Crippen molar-refractivity contribution in [1.82, 2.24) is 20.0 Å². The predicted octanol–water partition coefficient (Wildman–Crippen LogP) is 5.47. The Bertz CT molecular complexity index is 1090. The van der Waals surface area contributed by atoms with Crippen molar-refractivity contribution in [3.8, 4) is 11.1 Å². The number of alkyl halides is 4. The van der Waals surface area contributed by atoms with Crippen LogP contribution in [0.3, 0.4) is 0 Å². The van der Waals surface area contributed by atoms with Crippen LogP contribution in [0.5, 0.6) is 0 Å². The van der Waals surface area contributed by atoms with E-state index in [2.05, 4.69) is 21.7 Å². The fraction of sp³-hybridized carbons (Fsp3) is 0.444. The van der Waals surface area contributed by atoms with Crippen molar-refractivity contribution in [3.05, 3.63) is 77.9 Å². The Labute approximate surface area is 209 Å². The van der Waals surface area contributed by atoms with Gasteiger partial charge in [-0.15, -0.1) is 0 Å². The minimum absolute atomic E-state index is 0.128. The summed E-state index contributed by atoms with van der Waals surface area (Å²) < 4.78 is 58.6. The minimum atomic E-state index is -4.31.